The van der Waals surface area contributed by atoms with Crippen LogP contribution in [0.3, 0.4) is 0 Å². The highest BCUT2D eigenvalue weighted by molar-refractivity contribution is 6.10. The minimum Gasteiger partial charge on any atom is -0.366 e. The number of benzene rings is 1. The number of anilines is 1. The second kappa shape index (κ2) is 6.92. The Labute approximate surface area is 163 Å². The SMILES string of the molecule is C[C@@H]1CC(C)(C)C[C@@]2(C1)NC(=O)N(CC(=O)Nc1ccc(C(N)=O)cc1)C2=O. The summed E-state index contributed by atoms with van der Waals surface area (Å²) in [5, 5.41) is 5.48. The van der Waals surface area contributed by atoms with E-state index in [0.717, 1.165) is 11.3 Å². The summed E-state index contributed by atoms with van der Waals surface area (Å²) in [6.07, 6.45) is 2.12. The van der Waals surface area contributed by atoms with Crippen molar-refractivity contribution >= 4 is 29.4 Å². The second-order valence-electron chi connectivity index (χ2n) is 8.75. The molecule has 2 aliphatic rings. The highest BCUT2D eigenvalue weighted by atomic mass is 16.2. The van der Waals surface area contributed by atoms with E-state index in [1.165, 1.54) is 24.3 Å². The lowest BCUT2D eigenvalue weighted by molar-refractivity contribution is -0.136. The number of imide groups is 1. The van der Waals surface area contributed by atoms with Gasteiger partial charge in [-0.15, -0.1) is 0 Å². The first-order valence-corrected chi connectivity index (χ1v) is 9.35. The first-order valence-electron chi connectivity index (χ1n) is 9.35. The first kappa shape index (κ1) is 19.9. The van der Waals surface area contributed by atoms with Crippen LogP contribution in [0.2, 0.25) is 0 Å². The Hall–Kier alpha value is -2.90. The number of rotatable bonds is 4. The van der Waals surface area contributed by atoms with E-state index in [2.05, 4.69) is 31.4 Å². The molecule has 5 amide bonds. The van der Waals surface area contributed by atoms with Gasteiger partial charge < -0.3 is 16.4 Å². The highest BCUT2D eigenvalue weighted by Crippen LogP contribution is 2.46. The molecule has 150 valence electrons. The third-order valence-electron chi connectivity index (χ3n) is 5.38. The van der Waals surface area contributed by atoms with Crippen molar-refractivity contribution in [1.82, 2.24) is 10.2 Å². The van der Waals surface area contributed by atoms with E-state index in [-0.39, 0.29) is 17.9 Å². The summed E-state index contributed by atoms with van der Waals surface area (Å²) in [4.78, 5) is 49.9. The Morgan fingerprint density at radius 3 is 2.43 bits per heavy atom. The Kier molecular flexibility index (Phi) is 4.91. The van der Waals surface area contributed by atoms with Crippen LogP contribution in [0.4, 0.5) is 10.5 Å². The molecule has 0 bridgehead atoms. The molecular weight excluding hydrogens is 360 g/mol. The summed E-state index contributed by atoms with van der Waals surface area (Å²) >= 11 is 0. The molecule has 1 aromatic rings. The third kappa shape index (κ3) is 3.85. The fourth-order valence-corrected chi connectivity index (χ4v) is 4.71. The van der Waals surface area contributed by atoms with Crippen LogP contribution >= 0.6 is 0 Å². The van der Waals surface area contributed by atoms with E-state index in [4.69, 9.17) is 5.73 Å². The fraction of sp³-hybridized carbons (Fsp3) is 0.500. The Balaban J connectivity index is 1.68. The van der Waals surface area contributed by atoms with Crippen LogP contribution < -0.4 is 16.4 Å². The maximum atomic E-state index is 13.0. The highest BCUT2D eigenvalue weighted by Gasteiger charge is 2.56. The number of nitrogens with zero attached hydrogens (tertiary/aromatic N) is 1. The zero-order valence-corrected chi connectivity index (χ0v) is 16.4. The number of carbonyl (C=O) groups is 4. The van der Waals surface area contributed by atoms with Gasteiger partial charge in [0.1, 0.15) is 12.1 Å². The summed E-state index contributed by atoms with van der Waals surface area (Å²) in [5.41, 5.74) is 4.96. The molecule has 8 nitrogen and oxygen atoms in total. The second-order valence-corrected chi connectivity index (χ2v) is 8.75. The molecule has 1 aliphatic carbocycles. The number of hydrogen-bond donors (Lipinski definition) is 3. The molecular formula is C20H26N4O4. The number of carbonyl (C=O) groups excluding carboxylic acids is 4. The van der Waals surface area contributed by atoms with Crippen molar-refractivity contribution in [3.63, 3.8) is 0 Å². The molecule has 2 atom stereocenters. The van der Waals surface area contributed by atoms with Gasteiger partial charge in [0.2, 0.25) is 11.8 Å². The van der Waals surface area contributed by atoms with Gasteiger partial charge in [-0.1, -0.05) is 20.8 Å². The van der Waals surface area contributed by atoms with Crippen molar-refractivity contribution < 1.29 is 19.2 Å². The number of nitrogens with one attached hydrogen (secondary N) is 2. The number of hydrogen-bond acceptors (Lipinski definition) is 4. The molecule has 1 saturated heterocycles. The van der Waals surface area contributed by atoms with Crippen LogP contribution in [0.25, 0.3) is 0 Å². The molecule has 0 unspecified atom stereocenters. The van der Waals surface area contributed by atoms with Crippen molar-refractivity contribution in [2.75, 3.05) is 11.9 Å². The third-order valence-corrected chi connectivity index (χ3v) is 5.38. The molecule has 3 rings (SSSR count). The van der Waals surface area contributed by atoms with Crippen LogP contribution in [0.1, 0.15) is 50.4 Å². The van der Waals surface area contributed by atoms with E-state index in [1.54, 1.807) is 0 Å². The van der Waals surface area contributed by atoms with Gasteiger partial charge in [-0.05, 0) is 54.9 Å². The quantitative estimate of drug-likeness (QED) is 0.684. The van der Waals surface area contributed by atoms with Gasteiger partial charge in [0.25, 0.3) is 5.91 Å². The number of nitrogens with two attached hydrogens (primary N) is 1. The van der Waals surface area contributed by atoms with Crippen molar-refractivity contribution in [3.05, 3.63) is 29.8 Å². The van der Waals surface area contributed by atoms with Gasteiger partial charge in [0, 0.05) is 11.3 Å². The summed E-state index contributed by atoms with van der Waals surface area (Å²) in [7, 11) is 0. The summed E-state index contributed by atoms with van der Waals surface area (Å²) < 4.78 is 0. The van der Waals surface area contributed by atoms with Crippen LogP contribution in [-0.4, -0.2) is 40.7 Å². The lowest BCUT2D eigenvalue weighted by atomic mass is 9.64. The zero-order valence-electron chi connectivity index (χ0n) is 16.4. The Morgan fingerprint density at radius 1 is 1.21 bits per heavy atom. The van der Waals surface area contributed by atoms with E-state index in [1.807, 2.05) is 0 Å². The number of primary amides is 1. The molecule has 4 N–H and O–H groups in total. The number of amides is 5. The minimum absolute atomic E-state index is 0.0684. The minimum atomic E-state index is -0.929. The van der Waals surface area contributed by atoms with E-state index in [0.29, 0.717) is 30.0 Å². The normalized spacial score (nSPS) is 26.2. The standard InChI is InChI=1S/C20H26N4O4/c1-12-8-19(2,3)11-20(9-12)17(27)24(18(28)23-20)10-15(25)22-14-6-4-13(5-7-14)16(21)26/h4-7,12H,8-11H2,1-3H3,(H2,21,26)(H,22,25)(H,23,28)/t12-,20-/m1/s1. The van der Waals surface area contributed by atoms with Gasteiger partial charge in [-0.25, -0.2) is 4.79 Å². The monoisotopic (exact) mass is 386 g/mol. The van der Waals surface area contributed by atoms with Gasteiger partial charge in [-0.3, -0.25) is 19.3 Å². The number of urea groups is 1. The smallest absolute Gasteiger partial charge is 0.325 e. The molecule has 1 spiro atoms. The van der Waals surface area contributed by atoms with Crippen LogP contribution in [0.15, 0.2) is 24.3 Å². The average Bonchev–Trinajstić information content (AvgIpc) is 2.77. The van der Waals surface area contributed by atoms with Crippen molar-refractivity contribution in [2.24, 2.45) is 17.1 Å². The van der Waals surface area contributed by atoms with E-state index < -0.39 is 23.4 Å². The zero-order chi connectivity index (χ0) is 20.7. The Morgan fingerprint density at radius 2 is 1.86 bits per heavy atom. The fourth-order valence-electron chi connectivity index (χ4n) is 4.71. The summed E-state index contributed by atoms with van der Waals surface area (Å²) in [6, 6.07) is 5.53. The summed E-state index contributed by atoms with van der Waals surface area (Å²) in [5.74, 6) is -1.09. The molecule has 2 fully saturated rings. The van der Waals surface area contributed by atoms with Crippen molar-refractivity contribution in [1.29, 1.82) is 0 Å². The maximum absolute atomic E-state index is 13.0. The lowest BCUT2D eigenvalue weighted by Gasteiger charge is -2.43. The first-order chi connectivity index (χ1) is 13.0. The van der Waals surface area contributed by atoms with Crippen molar-refractivity contribution in [3.8, 4) is 0 Å². The lowest BCUT2D eigenvalue weighted by Crippen LogP contribution is -2.54. The van der Waals surface area contributed by atoms with Crippen LogP contribution in [0, 0.1) is 11.3 Å². The summed E-state index contributed by atoms with van der Waals surface area (Å²) in [6.45, 7) is 5.90. The van der Waals surface area contributed by atoms with Crippen LogP contribution in [0.5, 0.6) is 0 Å². The molecule has 1 aliphatic heterocycles. The van der Waals surface area contributed by atoms with Gasteiger partial charge >= 0.3 is 6.03 Å². The maximum Gasteiger partial charge on any atom is 0.325 e. The Bertz CT molecular complexity index is 833. The van der Waals surface area contributed by atoms with Crippen molar-refractivity contribution in [2.45, 2.75) is 45.6 Å². The topological polar surface area (TPSA) is 122 Å². The molecule has 0 aromatic heterocycles. The average molecular weight is 386 g/mol. The van der Waals surface area contributed by atoms with Gasteiger partial charge in [-0.2, -0.15) is 0 Å². The molecule has 8 heteroatoms. The molecule has 1 saturated carbocycles. The predicted molar refractivity (Wildman–Crippen MR) is 103 cm³/mol. The molecule has 1 aromatic carbocycles. The predicted octanol–water partition coefficient (Wildman–Crippen LogP) is 1.86. The molecule has 1 heterocycles. The van der Waals surface area contributed by atoms with E-state index >= 15 is 0 Å². The van der Waals surface area contributed by atoms with E-state index in [9.17, 15) is 19.2 Å². The van der Waals surface area contributed by atoms with Gasteiger partial charge in [0.05, 0.1) is 0 Å². The van der Waals surface area contributed by atoms with Gasteiger partial charge in [0.15, 0.2) is 0 Å². The largest absolute Gasteiger partial charge is 0.366 e. The van der Waals surface area contributed by atoms with Crippen LogP contribution in [-0.2, 0) is 9.59 Å². The molecule has 0 radical (unpaired) electrons. The molecule has 28 heavy (non-hydrogen) atoms.